The normalized spacial score (nSPS) is 20.7. The Morgan fingerprint density at radius 1 is 0.947 bits per heavy atom. The summed E-state index contributed by atoms with van der Waals surface area (Å²) < 4.78 is 2.90. The minimum Gasteiger partial charge on any atom is -0.407 e. The fraction of sp³-hybridized carbons (Fsp3) is 0.714. The van der Waals surface area contributed by atoms with Crippen LogP contribution in [0.25, 0.3) is 0 Å². The maximum atomic E-state index is 4.68. The van der Waals surface area contributed by atoms with Gasteiger partial charge in [0.1, 0.15) is 22.3 Å². The van der Waals surface area contributed by atoms with E-state index in [1.165, 1.54) is 42.1 Å². The lowest BCUT2D eigenvalue weighted by molar-refractivity contribution is 1.10. The van der Waals surface area contributed by atoms with Gasteiger partial charge in [0.25, 0.3) is 0 Å². The van der Waals surface area contributed by atoms with Gasteiger partial charge in [-0.25, -0.2) is 4.98 Å². The summed E-state index contributed by atoms with van der Waals surface area (Å²) in [6.07, 6.45) is 5.66. The van der Waals surface area contributed by atoms with Crippen LogP contribution in [0.4, 0.5) is 5.82 Å². The second-order valence-corrected chi connectivity index (χ2v) is 15.8. The second kappa shape index (κ2) is 5.75. The Hall–Kier alpha value is -0.686. The van der Waals surface area contributed by atoms with Crippen molar-refractivity contribution >= 4 is 22.3 Å². The zero-order valence-corrected chi connectivity index (χ0v) is 14.8. The van der Waals surface area contributed by atoms with E-state index in [-0.39, 0.29) is 0 Å². The lowest BCUT2D eigenvalue weighted by Gasteiger charge is -2.45. The fourth-order valence-electron chi connectivity index (χ4n) is 3.92. The highest BCUT2D eigenvalue weighted by atomic mass is 28.4. The smallest absolute Gasteiger partial charge is 0.148 e. The van der Waals surface area contributed by atoms with E-state index in [0.717, 1.165) is 0 Å². The van der Waals surface area contributed by atoms with Gasteiger partial charge in [-0.1, -0.05) is 27.7 Å². The highest BCUT2D eigenvalue weighted by Gasteiger charge is 2.54. The van der Waals surface area contributed by atoms with Gasteiger partial charge in [0, 0.05) is 12.4 Å². The average molecular weight is 294 g/mol. The summed E-state index contributed by atoms with van der Waals surface area (Å²) >= 11 is 0. The lowest BCUT2D eigenvalue weighted by atomic mass is 10.7. The van der Waals surface area contributed by atoms with E-state index >= 15 is 0 Å². The SMILES string of the molecule is CC[Si]1(CC)CC[Si](CC)(CC)N1c1cnccn1. The van der Waals surface area contributed by atoms with Crippen molar-refractivity contribution in [3.63, 3.8) is 0 Å². The van der Waals surface area contributed by atoms with Crippen LogP contribution in [0.15, 0.2) is 18.6 Å². The van der Waals surface area contributed by atoms with E-state index in [2.05, 4.69) is 41.9 Å². The van der Waals surface area contributed by atoms with Gasteiger partial charge < -0.3 is 4.23 Å². The van der Waals surface area contributed by atoms with Crippen molar-refractivity contribution in [2.24, 2.45) is 0 Å². The average Bonchev–Trinajstić information content (AvgIpc) is 2.83. The van der Waals surface area contributed by atoms with Gasteiger partial charge in [-0.15, -0.1) is 0 Å². The van der Waals surface area contributed by atoms with Crippen LogP contribution in [0.1, 0.15) is 27.7 Å². The molecule has 0 amide bonds. The van der Waals surface area contributed by atoms with Crippen molar-refractivity contribution in [2.75, 3.05) is 4.23 Å². The fourth-order valence-corrected chi connectivity index (χ4v) is 19.6. The maximum absolute atomic E-state index is 4.68. The molecule has 1 aliphatic heterocycles. The topological polar surface area (TPSA) is 29.0 Å². The molecule has 0 atom stereocenters. The monoisotopic (exact) mass is 293 g/mol. The number of aromatic nitrogens is 2. The first-order valence-electron chi connectivity index (χ1n) is 7.74. The van der Waals surface area contributed by atoms with E-state index in [0.29, 0.717) is 0 Å². The Bertz CT molecular complexity index is 382. The molecule has 0 bridgehead atoms. The number of anilines is 1. The predicted octanol–water partition coefficient (Wildman–Crippen LogP) is 4.27. The van der Waals surface area contributed by atoms with E-state index in [1.54, 1.807) is 6.20 Å². The summed E-state index contributed by atoms with van der Waals surface area (Å²) in [4.78, 5) is 9.01. The summed E-state index contributed by atoms with van der Waals surface area (Å²) in [6.45, 7) is 9.59. The molecule has 1 fully saturated rings. The van der Waals surface area contributed by atoms with Gasteiger partial charge in [-0.05, 0) is 36.3 Å². The lowest BCUT2D eigenvalue weighted by Crippen LogP contribution is -2.60. The first-order valence-corrected chi connectivity index (χ1v) is 12.9. The predicted molar refractivity (Wildman–Crippen MR) is 87.6 cm³/mol. The molecular formula is C14H27N3Si2. The Labute approximate surface area is 119 Å². The summed E-state index contributed by atoms with van der Waals surface area (Å²) in [7, 11) is -2.67. The zero-order chi connectivity index (χ0) is 13.9. The van der Waals surface area contributed by atoms with Gasteiger partial charge in [-0.2, -0.15) is 0 Å². The minimum atomic E-state index is -1.34. The third-order valence-corrected chi connectivity index (χ3v) is 18.7. The highest BCUT2D eigenvalue weighted by molar-refractivity contribution is 7.06. The van der Waals surface area contributed by atoms with Crippen molar-refractivity contribution in [2.45, 2.75) is 64.0 Å². The molecule has 1 aromatic heterocycles. The van der Waals surface area contributed by atoms with Crippen molar-refractivity contribution in [3.8, 4) is 0 Å². The largest absolute Gasteiger partial charge is 0.407 e. The summed E-state index contributed by atoms with van der Waals surface area (Å²) in [6, 6.07) is 8.38. The van der Waals surface area contributed by atoms with Gasteiger partial charge >= 0.3 is 0 Å². The first kappa shape index (κ1) is 14.7. The third kappa shape index (κ3) is 2.27. The van der Waals surface area contributed by atoms with Crippen molar-refractivity contribution in [1.29, 1.82) is 0 Å². The molecule has 19 heavy (non-hydrogen) atoms. The molecule has 0 unspecified atom stereocenters. The van der Waals surface area contributed by atoms with E-state index < -0.39 is 16.5 Å². The van der Waals surface area contributed by atoms with Crippen molar-refractivity contribution in [3.05, 3.63) is 18.6 Å². The standard InChI is InChI=1S/C14H27N3Si2/c1-5-18(6-2)11-12-19(7-3,8-4)17(18)14-13-15-9-10-16-14/h9-10,13H,5-8,11-12H2,1-4H3. The van der Waals surface area contributed by atoms with Crippen LogP contribution in [0.2, 0.25) is 36.3 Å². The summed E-state index contributed by atoms with van der Waals surface area (Å²) in [5.41, 5.74) is 0. The first-order chi connectivity index (χ1) is 9.18. The molecule has 0 radical (unpaired) electrons. The van der Waals surface area contributed by atoms with Crippen LogP contribution < -0.4 is 4.23 Å². The van der Waals surface area contributed by atoms with Crippen LogP contribution in [-0.4, -0.2) is 26.4 Å². The molecule has 1 aromatic rings. The summed E-state index contributed by atoms with van der Waals surface area (Å²) in [5.74, 6) is 1.19. The van der Waals surface area contributed by atoms with Crippen LogP contribution in [0.3, 0.4) is 0 Å². The van der Waals surface area contributed by atoms with Gasteiger partial charge in [0.05, 0.1) is 6.20 Å². The van der Waals surface area contributed by atoms with Gasteiger partial charge in [0.15, 0.2) is 0 Å². The highest BCUT2D eigenvalue weighted by Crippen LogP contribution is 2.46. The molecule has 0 aromatic carbocycles. The Morgan fingerprint density at radius 3 is 1.84 bits per heavy atom. The Kier molecular flexibility index (Phi) is 4.45. The van der Waals surface area contributed by atoms with E-state index in [1.807, 2.05) is 12.4 Å². The molecule has 3 nitrogen and oxygen atoms in total. The van der Waals surface area contributed by atoms with E-state index in [9.17, 15) is 0 Å². The number of hydrogen-bond acceptors (Lipinski definition) is 3. The van der Waals surface area contributed by atoms with Gasteiger partial charge in [-0.3, -0.25) is 4.98 Å². The molecule has 0 spiro atoms. The van der Waals surface area contributed by atoms with Crippen LogP contribution in [-0.2, 0) is 0 Å². The molecular weight excluding hydrogens is 266 g/mol. The van der Waals surface area contributed by atoms with Crippen molar-refractivity contribution in [1.82, 2.24) is 9.97 Å². The molecule has 0 aliphatic carbocycles. The molecule has 0 N–H and O–H groups in total. The quantitative estimate of drug-likeness (QED) is 0.759. The van der Waals surface area contributed by atoms with Gasteiger partial charge in [0.2, 0.25) is 0 Å². The van der Waals surface area contributed by atoms with Crippen LogP contribution in [0, 0.1) is 0 Å². The van der Waals surface area contributed by atoms with Crippen LogP contribution in [0.5, 0.6) is 0 Å². The summed E-state index contributed by atoms with van der Waals surface area (Å²) in [5, 5.41) is 0. The Morgan fingerprint density at radius 2 is 1.47 bits per heavy atom. The van der Waals surface area contributed by atoms with Crippen molar-refractivity contribution < 1.29 is 0 Å². The molecule has 2 rings (SSSR count). The number of nitrogens with zero attached hydrogens (tertiary/aromatic N) is 3. The third-order valence-electron chi connectivity index (χ3n) is 5.42. The molecule has 106 valence electrons. The minimum absolute atomic E-state index is 1.19. The number of rotatable bonds is 5. The van der Waals surface area contributed by atoms with Crippen LogP contribution >= 0.6 is 0 Å². The number of hydrogen-bond donors (Lipinski definition) is 0. The maximum Gasteiger partial charge on any atom is 0.148 e. The zero-order valence-electron chi connectivity index (χ0n) is 12.8. The molecule has 1 aliphatic rings. The molecule has 0 saturated carbocycles. The Balaban J connectivity index is 2.51. The molecule has 2 heterocycles. The molecule has 5 heteroatoms. The van der Waals surface area contributed by atoms with E-state index in [4.69, 9.17) is 0 Å². The second-order valence-electron chi connectivity index (χ2n) is 5.76. The molecule has 1 saturated heterocycles.